The van der Waals surface area contributed by atoms with Crippen LogP contribution in [0.2, 0.25) is 0 Å². The summed E-state index contributed by atoms with van der Waals surface area (Å²) < 4.78 is 7.10. The minimum atomic E-state index is -0.658. The van der Waals surface area contributed by atoms with Crippen LogP contribution in [0.1, 0.15) is 75.3 Å². The molecule has 1 aliphatic carbocycles. The quantitative estimate of drug-likeness (QED) is 0.752. The average Bonchev–Trinajstić information content (AvgIpc) is 3.40. The number of carbonyl (C=O) groups excluding carboxylic acids is 2. The number of nitrogens with one attached hydrogen (secondary N) is 1. The number of rotatable bonds is 6. The van der Waals surface area contributed by atoms with Crippen molar-refractivity contribution in [2.24, 2.45) is 0 Å². The lowest BCUT2D eigenvalue weighted by Crippen LogP contribution is -2.32. The standard InChI is InChI=1S/C18H25N7O3/c1-11(2)25-9-13(21-23-25)8-14-17(26)24(18(27)19-14)10-15-20-16(28-22-15)12-6-4-3-5-7-12/h9,11-12,14H,3-8,10H2,1-2H3,(H,19,27)/t14-/m1/s1. The number of imide groups is 1. The van der Waals surface area contributed by atoms with Gasteiger partial charge in [-0.05, 0) is 26.7 Å². The van der Waals surface area contributed by atoms with E-state index < -0.39 is 12.1 Å². The molecule has 1 saturated heterocycles. The fourth-order valence-electron chi connectivity index (χ4n) is 3.72. The topological polar surface area (TPSA) is 119 Å². The second kappa shape index (κ2) is 7.69. The number of amides is 3. The van der Waals surface area contributed by atoms with Gasteiger partial charge in [0, 0.05) is 24.6 Å². The Labute approximate surface area is 162 Å². The van der Waals surface area contributed by atoms with Crippen molar-refractivity contribution in [3.8, 4) is 0 Å². The van der Waals surface area contributed by atoms with Crippen molar-refractivity contribution in [3.63, 3.8) is 0 Å². The van der Waals surface area contributed by atoms with Crippen LogP contribution >= 0.6 is 0 Å². The summed E-state index contributed by atoms with van der Waals surface area (Å²) in [4.78, 5) is 30.5. The Morgan fingerprint density at radius 3 is 2.75 bits per heavy atom. The van der Waals surface area contributed by atoms with Crippen LogP contribution in [0.3, 0.4) is 0 Å². The van der Waals surface area contributed by atoms with Gasteiger partial charge in [0.15, 0.2) is 5.82 Å². The first-order valence-electron chi connectivity index (χ1n) is 9.86. The second-order valence-corrected chi connectivity index (χ2v) is 7.80. The third-order valence-electron chi connectivity index (χ3n) is 5.34. The van der Waals surface area contributed by atoms with Gasteiger partial charge in [-0.1, -0.05) is 29.6 Å². The van der Waals surface area contributed by atoms with Gasteiger partial charge in [0.2, 0.25) is 5.89 Å². The molecule has 0 spiro atoms. The van der Waals surface area contributed by atoms with Crippen molar-refractivity contribution >= 4 is 11.9 Å². The summed E-state index contributed by atoms with van der Waals surface area (Å²) in [5.74, 6) is 0.946. The Morgan fingerprint density at radius 2 is 2.04 bits per heavy atom. The molecule has 1 aliphatic heterocycles. The van der Waals surface area contributed by atoms with Crippen LogP contribution in [0.15, 0.2) is 10.7 Å². The molecule has 2 aromatic rings. The third-order valence-corrected chi connectivity index (χ3v) is 5.34. The first-order chi connectivity index (χ1) is 13.5. The first kappa shape index (κ1) is 18.6. The number of carbonyl (C=O) groups is 2. The van der Waals surface area contributed by atoms with E-state index in [0.717, 1.165) is 17.7 Å². The molecule has 2 aliphatic rings. The van der Waals surface area contributed by atoms with Crippen molar-refractivity contribution in [1.29, 1.82) is 0 Å². The van der Waals surface area contributed by atoms with Gasteiger partial charge < -0.3 is 9.84 Å². The zero-order valence-electron chi connectivity index (χ0n) is 16.2. The van der Waals surface area contributed by atoms with E-state index >= 15 is 0 Å². The molecule has 2 fully saturated rings. The molecule has 0 bridgehead atoms. The van der Waals surface area contributed by atoms with E-state index in [-0.39, 0.29) is 24.4 Å². The molecule has 0 aromatic carbocycles. The van der Waals surface area contributed by atoms with Crippen molar-refractivity contribution in [3.05, 3.63) is 23.6 Å². The SMILES string of the molecule is CC(C)n1cc(C[C@H]2NC(=O)N(Cc3noc(C4CCCCC4)n3)C2=O)nn1. The molecular formula is C18H25N7O3. The molecule has 0 unspecified atom stereocenters. The van der Waals surface area contributed by atoms with Gasteiger partial charge in [-0.15, -0.1) is 5.10 Å². The molecule has 2 aromatic heterocycles. The van der Waals surface area contributed by atoms with Crippen LogP contribution < -0.4 is 5.32 Å². The zero-order chi connectivity index (χ0) is 19.7. The van der Waals surface area contributed by atoms with E-state index in [1.807, 2.05) is 13.8 Å². The Bertz CT molecular complexity index is 853. The normalized spacial score (nSPS) is 21.0. The minimum absolute atomic E-state index is 0.00999. The highest BCUT2D eigenvalue weighted by Crippen LogP contribution is 2.31. The Hall–Kier alpha value is -2.78. The van der Waals surface area contributed by atoms with Crippen LogP contribution in [0, 0.1) is 0 Å². The van der Waals surface area contributed by atoms with Crippen molar-refractivity contribution < 1.29 is 14.1 Å². The summed E-state index contributed by atoms with van der Waals surface area (Å²) >= 11 is 0. The Kier molecular flexibility index (Phi) is 5.10. The summed E-state index contributed by atoms with van der Waals surface area (Å²) in [7, 11) is 0. The largest absolute Gasteiger partial charge is 0.339 e. The number of hydrogen-bond acceptors (Lipinski definition) is 7. The summed E-state index contributed by atoms with van der Waals surface area (Å²) in [5.41, 5.74) is 0.661. The van der Waals surface area contributed by atoms with Crippen LogP contribution in [0.5, 0.6) is 0 Å². The molecule has 3 heterocycles. The van der Waals surface area contributed by atoms with Gasteiger partial charge in [0.1, 0.15) is 6.04 Å². The molecule has 4 rings (SSSR count). The van der Waals surface area contributed by atoms with Crippen LogP contribution in [-0.4, -0.2) is 48.0 Å². The molecule has 1 N–H and O–H groups in total. The maximum Gasteiger partial charge on any atom is 0.325 e. The van der Waals surface area contributed by atoms with Gasteiger partial charge in [-0.25, -0.2) is 9.48 Å². The molecular weight excluding hydrogens is 362 g/mol. The maximum absolute atomic E-state index is 12.7. The summed E-state index contributed by atoms with van der Waals surface area (Å²) in [6, 6.07) is -0.923. The van der Waals surface area contributed by atoms with E-state index in [2.05, 4.69) is 25.8 Å². The van der Waals surface area contributed by atoms with Gasteiger partial charge in [0.05, 0.1) is 12.2 Å². The highest BCUT2D eigenvalue weighted by atomic mass is 16.5. The predicted octanol–water partition coefficient (Wildman–Crippen LogP) is 1.95. The van der Waals surface area contributed by atoms with Gasteiger partial charge >= 0.3 is 6.03 Å². The molecule has 10 heteroatoms. The fraction of sp³-hybridized carbons (Fsp3) is 0.667. The number of aromatic nitrogens is 5. The predicted molar refractivity (Wildman–Crippen MR) is 97.1 cm³/mol. The summed E-state index contributed by atoms with van der Waals surface area (Å²) in [6.45, 7) is 4.00. The molecule has 150 valence electrons. The third kappa shape index (κ3) is 3.76. The highest BCUT2D eigenvalue weighted by Gasteiger charge is 2.39. The lowest BCUT2D eigenvalue weighted by atomic mass is 9.89. The summed E-state index contributed by atoms with van der Waals surface area (Å²) in [5, 5.41) is 14.8. The Morgan fingerprint density at radius 1 is 1.25 bits per heavy atom. The van der Waals surface area contributed by atoms with E-state index in [1.54, 1.807) is 10.9 Å². The molecule has 1 atom stereocenters. The number of nitrogens with zero attached hydrogens (tertiary/aromatic N) is 6. The van der Waals surface area contributed by atoms with Crippen LogP contribution in [0.4, 0.5) is 4.79 Å². The zero-order valence-corrected chi connectivity index (χ0v) is 16.2. The Balaban J connectivity index is 1.39. The fourth-order valence-corrected chi connectivity index (χ4v) is 3.72. The molecule has 1 saturated carbocycles. The summed E-state index contributed by atoms with van der Waals surface area (Å²) in [6.07, 6.45) is 7.76. The van der Waals surface area contributed by atoms with Crippen molar-refractivity contribution in [2.45, 2.75) is 76.9 Å². The van der Waals surface area contributed by atoms with Crippen molar-refractivity contribution in [1.82, 2.24) is 35.4 Å². The lowest BCUT2D eigenvalue weighted by Gasteiger charge is -2.17. The van der Waals surface area contributed by atoms with Crippen LogP contribution in [-0.2, 0) is 17.8 Å². The van der Waals surface area contributed by atoms with Gasteiger partial charge in [-0.2, -0.15) is 4.98 Å². The van der Waals surface area contributed by atoms with E-state index in [9.17, 15) is 9.59 Å². The lowest BCUT2D eigenvalue weighted by molar-refractivity contribution is -0.127. The van der Waals surface area contributed by atoms with E-state index in [0.29, 0.717) is 23.8 Å². The first-order valence-corrected chi connectivity index (χ1v) is 9.86. The second-order valence-electron chi connectivity index (χ2n) is 7.80. The van der Waals surface area contributed by atoms with Gasteiger partial charge in [0.25, 0.3) is 5.91 Å². The van der Waals surface area contributed by atoms with E-state index in [4.69, 9.17) is 4.52 Å². The van der Waals surface area contributed by atoms with Crippen LogP contribution in [0.25, 0.3) is 0 Å². The van der Waals surface area contributed by atoms with Crippen molar-refractivity contribution in [2.75, 3.05) is 0 Å². The highest BCUT2D eigenvalue weighted by molar-refractivity contribution is 6.04. The molecule has 0 radical (unpaired) electrons. The molecule has 3 amide bonds. The average molecular weight is 387 g/mol. The molecule has 10 nitrogen and oxygen atoms in total. The van der Waals surface area contributed by atoms with E-state index in [1.165, 1.54) is 19.3 Å². The maximum atomic E-state index is 12.7. The minimum Gasteiger partial charge on any atom is -0.339 e. The monoisotopic (exact) mass is 387 g/mol. The number of hydrogen-bond donors (Lipinski definition) is 1. The number of urea groups is 1. The molecule has 28 heavy (non-hydrogen) atoms. The van der Waals surface area contributed by atoms with Gasteiger partial charge in [-0.3, -0.25) is 9.69 Å². The smallest absolute Gasteiger partial charge is 0.325 e.